The first kappa shape index (κ1) is 16.8. The number of amides is 1. The first-order valence-corrected chi connectivity index (χ1v) is 8.41. The van der Waals surface area contributed by atoms with E-state index in [9.17, 15) is 9.90 Å². The quantitative estimate of drug-likeness (QED) is 0.806. The van der Waals surface area contributed by atoms with Crippen molar-refractivity contribution in [3.63, 3.8) is 0 Å². The van der Waals surface area contributed by atoms with Gasteiger partial charge in [0, 0.05) is 11.8 Å². The number of nitrogens with one attached hydrogen (secondary N) is 1. The zero-order valence-corrected chi connectivity index (χ0v) is 13.4. The van der Waals surface area contributed by atoms with Crippen LogP contribution in [0.3, 0.4) is 0 Å². The summed E-state index contributed by atoms with van der Waals surface area (Å²) < 4.78 is 5.40. The van der Waals surface area contributed by atoms with E-state index >= 15 is 0 Å². The number of benzene rings is 1. The Morgan fingerprint density at radius 3 is 2.86 bits per heavy atom. The summed E-state index contributed by atoms with van der Waals surface area (Å²) in [5.74, 6) is 1.07. The Hall–Kier alpha value is -1.55. The van der Waals surface area contributed by atoms with E-state index in [1.165, 1.54) is 32.1 Å². The van der Waals surface area contributed by atoms with Crippen molar-refractivity contribution in [3.05, 3.63) is 24.3 Å². The lowest BCUT2D eigenvalue weighted by Gasteiger charge is -2.22. The van der Waals surface area contributed by atoms with E-state index in [1.54, 1.807) is 12.1 Å². The van der Waals surface area contributed by atoms with Crippen LogP contribution in [0.25, 0.3) is 0 Å². The highest BCUT2D eigenvalue weighted by Crippen LogP contribution is 2.28. The van der Waals surface area contributed by atoms with Crippen molar-refractivity contribution in [2.45, 2.75) is 58.0 Å². The number of aliphatic hydroxyl groups is 1. The average molecular weight is 305 g/mol. The maximum absolute atomic E-state index is 12.1. The molecule has 0 saturated heterocycles. The molecule has 0 spiro atoms. The first-order valence-electron chi connectivity index (χ1n) is 8.41. The topological polar surface area (TPSA) is 58.6 Å². The molecule has 1 unspecified atom stereocenters. The minimum atomic E-state index is -0.933. The monoisotopic (exact) mass is 305 g/mol. The van der Waals surface area contributed by atoms with Crippen molar-refractivity contribution in [2.75, 3.05) is 11.9 Å². The summed E-state index contributed by atoms with van der Waals surface area (Å²) in [6.45, 7) is 2.50. The van der Waals surface area contributed by atoms with E-state index in [4.69, 9.17) is 4.74 Å². The van der Waals surface area contributed by atoms with Crippen LogP contribution < -0.4 is 10.1 Å². The third-order valence-electron chi connectivity index (χ3n) is 4.29. The summed E-state index contributed by atoms with van der Waals surface area (Å²) in [4.78, 5) is 12.1. The van der Waals surface area contributed by atoms with Crippen LogP contribution in [0.15, 0.2) is 24.3 Å². The lowest BCUT2D eigenvalue weighted by Crippen LogP contribution is -2.28. The Morgan fingerprint density at radius 2 is 2.14 bits per heavy atom. The van der Waals surface area contributed by atoms with Gasteiger partial charge in [0.15, 0.2) is 0 Å². The molecule has 22 heavy (non-hydrogen) atoms. The van der Waals surface area contributed by atoms with Gasteiger partial charge < -0.3 is 15.2 Å². The molecular weight excluding hydrogens is 278 g/mol. The van der Waals surface area contributed by atoms with Crippen molar-refractivity contribution in [1.29, 1.82) is 0 Å². The number of hydrogen-bond donors (Lipinski definition) is 2. The molecule has 4 nitrogen and oxygen atoms in total. The maximum Gasteiger partial charge on any atom is 0.253 e. The van der Waals surface area contributed by atoms with Gasteiger partial charge in [0.05, 0.1) is 6.61 Å². The Bertz CT molecular complexity index is 469. The number of carbonyl (C=O) groups excluding carboxylic acids is 1. The zero-order chi connectivity index (χ0) is 15.8. The fourth-order valence-corrected chi connectivity index (χ4v) is 3.06. The van der Waals surface area contributed by atoms with Gasteiger partial charge in [-0.2, -0.15) is 0 Å². The van der Waals surface area contributed by atoms with Gasteiger partial charge in [-0.25, -0.2) is 0 Å². The van der Waals surface area contributed by atoms with E-state index < -0.39 is 6.10 Å². The Morgan fingerprint density at radius 1 is 1.36 bits per heavy atom. The molecule has 1 fully saturated rings. The molecule has 1 aliphatic rings. The van der Waals surface area contributed by atoms with E-state index in [0.29, 0.717) is 24.6 Å². The molecule has 122 valence electrons. The van der Waals surface area contributed by atoms with E-state index in [0.717, 1.165) is 12.2 Å². The van der Waals surface area contributed by atoms with Crippen LogP contribution >= 0.6 is 0 Å². The highest BCUT2D eigenvalue weighted by atomic mass is 16.5. The second-order valence-electron chi connectivity index (χ2n) is 6.05. The van der Waals surface area contributed by atoms with E-state index in [2.05, 4.69) is 5.32 Å². The van der Waals surface area contributed by atoms with Crippen LogP contribution in [0.5, 0.6) is 5.75 Å². The standard InChI is InChI=1S/C18H27NO3/c1-2-22-16-10-6-9-15(13-16)19-18(21)17(20)12-11-14-7-4-3-5-8-14/h6,9-10,13-14,17,20H,2-5,7-8,11-12H2,1H3,(H,19,21). The summed E-state index contributed by atoms with van der Waals surface area (Å²) >= 11 is 0. The second-order valence-corrected chi connectivity index (χ2v) is 6.05. The summed E-state index contributed by atoms with van der Waals surface area (Å²) in [7, 11) is 0. The predicted molar refractivity (Wildman–Crippen MR) is 88.1 cm³/mol. The van der Waals surface area contributed by atoms with Crippen molar-refractivity contribution in [1.82, 2.24) is 0 Å². The molecule has 0 aromatic heterocycles. The Labute approximate surface area is 132 Å². The predicted octanol–water partition coefficient (Wildman–Crippen LogP) is 3.75. The van der Waals surface area contributed by atoms with Gasteiger partial charge in [0.25, 0.3) is 5.91 Å². The van der Waals surface area contributed by atoms with Gasteiger partial charge >= 0.3 is 0 Å². The van der Waals surface area contributed by atoms with E-state index in [-0.39, 0.29) is 5.91 Å². The molecule has 0 radical (unpaired) electrons. The molecular formula is C18H27NO3. The normalized spacial score (nSPS) is 17.0. The summed E-state index contributed by atoms with van der Waals surface area (Å²) in [5.41, 5.74) is 0.660. The second kappa shape index (κ2) is 8.79. The smallest absolute Gasteiger partial charge is 0.253 e. The largest absolute Gasteiger partial charge is 0.494 e. The fraction of sp³-hybridized carbons (Fsp3) is 0.611. The number of aliphatic hydroxyl groups excluding tert-OH is 1. The third kappa shape index (κ3) is 5.34. The Kier molecular flexibility index (Phi) is 6.72. The number of rotatable bonds is 7. The van der Waals surface area contributed by atoms with Crippen LogP contribution in [-0.4, -0.2) is 23.7 Å². The maximum atomic E-state index is 12.1. The molecule has 1 atom stereocenters. The number of carbonyl (C=O) groups is 1. The third-order valence-corrected chi connectivity index (χ3v) is 4.29. The van der Waals surface area contributed by atoms with Gasteiger partial charge in [0.2, 0.25) is 0 Å². The van der Waals surface area contributed by atoms with Gasteiger partial charge in [-0.1, -0.05) is 38.2 Å². The van der Waals surface area contributed by atoms with Crippen LogP contribution in [0.4, 0.5) is 5.69 Å². The van der Waals surface area contributed by atoms with Crippen LogP contribution in [0, 0.1) is 5.92 Å². The van der Waals surface area contributed by atoms with Crippen molar-refractivity contribution < 1.29 is 14.6 Å². The van der Waals surface area contributed by atoms with Gasteiger partial charge in [-0.3, -0.25) is 4.79 Å². The fourth-order valence-electron chi connectivity index (χ4n) is 3.06. The molecule has 1 saturated carbocycles. The SMILES string of the molecule is CCOc1cccc(NC(=O)C(O)CCC2CCCCC2)c1. The van der Waals surface area contributed by atoms with Crippen molar-refractivity contribution in [2.24, 2.45) is 5.92 Å². The summed E-state index contributed by atoms with van der Waals surface area (Å²) in [6, 6.07) is 7.25. The van der Waals surface area contributed by atoms with Crippen molar-refractivity contribution in [3.8, 4) is 5.75 Å². The van der Waals surface area contributed by atoms with Gasteiger partial charge in [-0.15, -0.1) is 0 Å². The number of ether oxygens (including phenoxy) is 1. The molecule has 1 amide bonds. The minimum absolute atomic E-state index is 0.329. The number of anilines is 1. The van der Waals surface area contributed by atoms with Crippen LogP contribution in [0.2, 0.25) is 0 Å². The Balaban J connectivity index is 1.78. The zero-order valence-electron chi connectivity index (χ0n) is 13.4. The minimum Gasteiger partial charge on any atom is -0.494 e. The molecule has 2 rings (SSSR count). The highest BCUT2D eigenvalue weighted by Gasteiger charge is 2.19. The summed E-state index contributed by atoms with van der Waals surface area (Å²) in [6.07, 6.45) is 6.94. The lowest BCUT2D eigenvalue weighted by molar-refractivity contribution is -0.124. The number of hydrogen-bond acceptors (Lipinski definition) is 3. The molecule has 4 heteroatoms. The molecule has 0 bridgehead atoms. The highest BCUT2D eigenvalue weighted by molar-refractivity contribution is 5.94. The van der Waals surface area contributed by atoms with Crippen LogP contribution in [-0.2, 0) is 4.79 Å². The molecule has 1 aromatic carbocycles. The molecule has 1 aromatic rings. The lowest BCUT2D eigenvalue weighted by atomic mass is 9.85. The summed E-state index contributed by atoms with van der Waals surface area (Å²) in [5, 5.41) is 12.8. The van der Waals surface area contributed by atoms with E-state index in [1.807, 2.05) is 19.1 Å². The molecule has 2 N–H and O–H groups in total. The van der Waals surface area contributed by atoms with Crippen molar-refractivity contribution >= 4 is 11.6 Å². The van der Waals surface area contributed by atoms with Crippen LogP contribution in [0.1, 0.15) is 51.9 Å². The van der Waals surface area contributed by atoms with Gasteiger partial charge in [0.1, 0.15) is 11.9 Å². The first-order chi connectivity index (χ1) is 10.7. The molecule has 0 heterocycles. The van der Waals surface area contributed by atoms with Gasteiger partial charge in [-0.05, 0) is 37.8 Å². The molecule has 0 aliphatic heterocycles. The molecule has 1 aliphatic carbocycles. The average Bonchev–Trinajstić information content (AvgIpc) is 2.54.